The quantitative estimate of drug-likeness (QED) is 0.255. The summed E-state index contributed by atoms with van der Waals surface area (Å²) in [5.41, 5.74) is 1.73. The minimum Gasteiger partial charge on any atom is -0.497 e. The Kier molecular flexibility index (Phi) is 12.0. The van der Waals surface area contributed by atoms with Gasteiger partial charge in [0.1, 0.15) is 29.8 Å². The Hall–Kier alpha value is -4.25. The van der Waals surface area contributed by atoms with E-state index in [9.17, 15) is 18.0 Å². The zero-order valence-corrected chi connectivity index (χ0v) is 27.3. The number of sulfonamides is 1. The summed E-state index contributed by atoms with van der Waals surface area (Å²) in [4.78, 5) is 29.3. The van der Waals surface area contributed by atoms with Crippen LogP contribution in [0.4, 0.5) is 5.69 Å². The molecule has 2 amide bonds. The highest BCUT2D eigenvalue weighted by molar-refractivity contribution is 7.92. The van der Waals surface area contributed by atoms with Crippen LogP contribution in [0.3, 0.4) is 0 Å². The molecule has 0 aliphatic carbocycles. The van der Waals surface area contributed by atoms with Crippen LogP contribution in [0.1, 0.15) is 44.7 Å². The van der Waals surface area contributed by atoms with Crippen molar-refractivity contribution in [2.24, 2.45) is 0 Å². The average Bonchev–Trinajstić information content (AvgIpc) is 3.03. The summed E-state index contributed by atoms with van der Waals surface area (Å²) in [6.45, 7) is 6.98. The van der Waals surface area contributed by atoms with Crippen LogP contribution in [0.2, 0.25) is 0 Å². The van der Waals surface area contributed by atoms with E-state index < -0.39 is 28.5 Å². The number of carbonyl (C=O) groups excluding carboxylic acids is 2. The molecular formula is C33H43N3O7S. The lowest BCUT2D eigenvalue weighted by Gasteiger charge is -2.34. The third-order valence-electron chi connectivity index (χ3n) is 7.42. The highest BCUT2D eigenvalue weighted by atomic mass is 32.2. The molecule has 3 aromatic rings. The van der Waals surface area contributed by atoms with E-state index in [1.165, 1.54) is 37.3 Å². The first-order chi connectivity index (χ1) is 21.0. The van der Waals surface area contributed by atoms with E-state index in [1.54, 1.807) is 49.6 Å². The lowest BCUT2D eigenvalue weighted by Crippen LogP contribution is -2.53. The Morgan fingerprint density at radius 3 is 2.11 bits per heavy atom. The first kappa shape index (κ1) is 34.2. The molecule has 238 valence electrons. The van der Waals surface area contributed by atoms with E-state index in [2.05, 4.69) is 5.32 Å². The molecule has 0 spiro atoms. The fourth-order valence-corrected chi connectivity index (χ4v) is 6.09. The van der Waals surface area contributed by atoms with Crippen molar-refractivity contribution in [3.63, 3.8) is 0 Å². The van der Waals surface area contributed by atoms with E-state index >= 15 is 0 Å². The molecule has 0 unspecified atom stereocenters. The van der Waals surface area contributed by atoms with Gasteiger partial charge < -0.3 is 24.4 Å². The Morgan fingerprint density at radius 1 is 0.864 bits per heavy atom. The number of anilines is 1. The minimum atomic E-state index is -4.29. The van der Waals surface area contributed by atoms with Gasteiger partial charge in [-0.25, -0.2) is 8.42 Å². The number of methoxy groups -OCH3 is 3. The van der Waals surface area contributed by atoms with Gasteiger partial charge in [-0.15, -0.1) is 0 Å². The average molecular weight is 626 g/mol. The van der Waals surface area contributed by atoms with Crippen LogP contribution in [0, 0.1) is 6.92 Å². The van der Waals surface area contributed by atoms with Crippen LogP contribution in [-0.2, 0) is 26.2 Å². The number of aryl methyl sites for hydroxylation is 1. The number of ether oxygens (including phenoxy) is 3. The number of benzene rings is 3. The molecule has 0 bridgehead atoms. The molecule has 0 saturated carbocycles. The maximum Gasteiger partial charge on any atom is 0.264 e. The molecular weight excluding hydrogens is 582 g/mol. The second-order valence-corrected chi connectivity index (χ2v) is 12.3. The molecule has 0 saturated heterocycles. The zero-order chi connectivity index (χ0) is 32.4. The summed E-state index contributed by atoms with van der Waals surface area (Å²) < 4.78 is 45.8. The van der Waals surface area contributed by atoms with Gasteiger partial charge >= 0.3 is 0 Å². The van der Waals surface area contributed by atoms with E-state index in [-0.39, 0.29) is 34.8 Å². The molecule has 44 heavy (non-hydrogen) atoms. The van der Waals surface area contributed by atoms with Crippen molar-refractivity contribution in [1.29, 1.82) is 0 Å². The summed E-state index contributed by atoms with van der Waals surface area (Å²) in [6, 6.07) is 17.3. The van der Waals surface area contributed by atoms with Crippen LogP contribution in [0.15, 0.2) is 71.6 Å². The summed E-state index contributed by atoms with van der Waals surface area (Å²) in [6.07, 6.45) is 1.02. The van der Waals surface area contributed by atoms with E-state index in [4.69, 9.17) is 14.2 Å². The summed E-state index contributed by atoms with van der Waals surface area (Å²) in [7, 11) is 0.148. The fourth-order valence-electron chi connectivity index (χ4n) is 4.67. The van der Waals surface area contributed by atoms with Gasteiger partial charge in [0, 0.05) is 18.7 Å². The van der Waals surface area contributed by atoms with Crippen molar-refractivity contribution < 1.29 is 32.2 Å². The van der Waals surface area contributed by atoms with Crippen molar-refractivity contribution in [2.75, 3.05) is 32.2 Å². The van der Waals surface area contributed by atoms with Crippen molar-refractivity contribution in [3.8, 4) is 17.2 Å². The number of amides is 2. The highest BCUT2D eigenvalue weighted by Crippen LogP contribution is 2.36. The maximum absolute atomic E-state index is 14.4. The molecule has 0 aliphatic rings. The topological polar surface area (TPSA) is 114 Å². The Bertz CT molecular complexity index is 1530. The molecule has 0 aliphatic heterocycles. The van der Waals surface area contributed by atoms with Gasteiger partial charge in [0.25, 0.3) is 10.0 Å². The Labute approximate surface area is 261 Å². The fraction of sp³-hybridized carbons (Fsp3) is 0.394. The number of carbonyl (C=O) groups is 2. The van der Waals surface area contributed by atoms with Crippen molar-refractivity contribution in [2.45, 2.75) is 64.1 Å². The third kappa shape index (κ3) is 8.22. The van der Waals surface area contributed by atoms with Gasteiger partial charge in [-0.3, -0.25) is 13.9 Å². The second-order valence-electron chi connectivity index (χ2n) is 10.5. The first-order valence-electron chi connectivity index (χ1n) is 14.5. The van der Waals surface area contributed by atoms with Crippen LogP contribution >= 0.6 is 0 Å². The number of nitrogens with one attached hydrogen (secondary N) is 1. The molecule has 2 atom stereocenters. The molecule has 3 aromatic carbocycles. The normalized spacial score (nSPS) is 12.5. The molecule has 0 fully saturated rings. The van der Waals surface area contributed by atoms with Crippen molar-refractivity contribution >= 4 is 27.5 Å². The van der Waals surface area contributed by atoms with Crippen molar-refractivity contribution in [3.05, 3.63) is 77.9 Å². The van der Waals surface area contributed by atoms with Gasteiger partial charge in [0.2, 0.25) is 11.8 Å². The van der Waals surface area contributed by atoms with Crippen LogP contribution in [0.5, 0.6) is 17.2 Å². The molecule has 3 rings (SSSR count). The van der Waals surface area contributed by atoms with Crippen molar-refractivity contribution in [1.82, 2.24) is 10.2 Å². The Morgan fingerprint density at radius 2 is 1.52 bits per heavy atom. The van der Waals surface area contributed by atoms with Crippen LogP contribution < -0.4 is 23.8 Å². The second kappa shape index (κ2) is 15.5. The largest absolute Gasteiger partial charge is 0.497 e. The van der Waals surface area contributed by atoms with Gasteiger partial charge in [-0.05, 0) is 68.7 Å². The predicted octanol–water partition coefficient (Wildman–Crippen LogP) is 4.94. The first-order valence-corrected chi connectivity index (χ1v) is 16.0. The van der Waals surface area contributed by atoms with Gasteiger partial charge in [-0.1, -0.05) is 43.7 Å². The zero-order valence-electron chi connectivity index (χ0n) is 26.5. The minimum absolute atomic E-state index is 0.00155. The maximum atomic E-state index is 14.4. The predicted molar refractivity (Wildman–Crippen MR) is 171 cm³/mol. The van der Waals surface area contributed by atoms with Gasteiger partial charge in [0.15, 0.2) is 0 Å². The number of hydrogen-bond donors (Lipinski definition) is 1. The third-order valence-corrected chi connectivity index (χ3v) is 9.19. The molecule has 11 heteroatoms. The summed E-state index contributed by atoms with van der Waals surface area (Å²) in [5.74, 6) is 0.321. The van der Waals surface area contributed by atoms with Gasteiger partial charge in [-0.2, -0.15) is 0 Å². The lowest BCUT2D eigenvalue weighted by atomic mass is 10.1. The monoisotopic (exact) mass is 625 g/mol. The molecule has 0 aromatic heterocycles. The summed E-state index contributed by atoms with van der Waals surface area (Å²) in [5, 5.41) is 2.98. The molecule has 0 radical (unpaired) electrons. The number of nitrogens with zero attached hydrogens (tertiary/aromatic N) is 2. The molecule has 10 nitrogen and oxygen atoms in total. The Balaban J connectivity index is 2.16. The SMILES string of the molecule is CC[C@@H](C)NC(=O)[C@@H](CC)N(Cc1cccc(OC)c1)C(=O)CN(c1cc(OC)ccc1OC)S(=O)(=O)c1ccc(C)cc1. The number of rotatable bonds is 15. The van der Waals surface area contributed by atoms with Crippen LogP contribution in [-0.4, -0.2) is 65.1 Å². The standard InChI is InChI=1S/C33H43N3O7S/c1-8-24(4)34-33(38)29(9-2)35(21-25-11-10-12-26(19-25)41-5)32(37)22-36(30-20-27(42-6)15-18-31(30)43-7)44(39,40)28-16-13-23(3)14-17-28/h10-20,24,29H,8-9,21-22H2,1-7H3,(H,34,38)/t24-,29-/m1/s1. The van der Waals surface area contributed by atoms with E-state index in [0.717, 1.165) is 15.4 Å². The van der Waals surface area contributed by atoms with Crippen LogP contribution in [0.25, 0.3) is 0 Å². The van der Waals surface area contributed by atoms with Gasteiger partial charge in [0.05, 0.1) is 31.9 Å². The highest BCUT2D eigenvalue weighted by Gasteiger charge is 2.35. The smallest absolute Gasteiger partial charge is 0.264 e. The number of hydrogen-bond acceptors (Lipinski definition) is 7. The lowest BCUT2D eigenvalue weighted by molar-refractivity contribution is -0.140. The van der Waals surface area contributed by atoms with E-state index in [0.29, 0.717) is 24.3 Å². The molecule has 0 heterocycles. The molecule has 1 N–H and O–H groups in total. The summed E-state index contributed by atoms with van der Waals surface area (Å²) >= 11 is 0. The van der Waals surface area contributed by atoms with E-state index in [1.807, 2.05) is 33.8 Å².